The van der Waals surface area contributed by atoms with Crippen LogP contribution in [0.2, 0.25) is 10.3 Å². The predicted molar refractivity (Wildman–Crippen MR) is 82.5 cm³/mol. The Kier molecular flexibility index (Phi) is 4.97. The van der Waals surface area contributed by atoms with Crippen molar-refractivity contribution in [1.29, 1.82) is 0 Å². The lowest BCUT2D eigenvalue weighted by Gasteiger charge is -2.13. The van der Waals surface area contributed by atoms with Crippen molar-refractivity contribution in [3.05, 3.63) is 46.0 Å². The van der Waals surface area contributed by atoms with Crippen LogP contribution in [-0.2, 0) is 4.74 Å². The van der Waals surface area contributed by atoms with Gasteiger partial charge in [-0.25, -0.2) is 9.97 Å². The van der Waals surface area contributed by atoms with E-state index in [1.807, 2.05) is 38.1 Å². The molecule has 0 amide bonds. The highest BCUT2D eigenvalue weighted by molar-refractivity contribution is 6.37. The number of nitrogens with zero attached hydrogens (tertiary/aromatic N) is 2. The monoisotopic (exact) mass is 310 g/mol. The minimum absolute atomic E-state index is 0.0425. The number of rotatable bonds is 4. The van der Waals surface area contributed by atoms with Crippen molar-refractivity contribution in [2.75, 3.05) is 13.7 Å². The molecule has 5 heteroatoms. The molecule has 106 valence electrons. The van der Waals surface area contributed by atoms with Crippen LogP contribution in [0.15, 0.2) is 24.3 Å². The Balaban J connectivity index is 2.50. The lowest BCUT2D eigenvalue weighted by atomic mass is 10.0. The Bertz CT molecular complexity index is 594. The van der Waals surface area contributed by atoms with Gasteiger partial charge in [0.25, 0.3) is 0 Å². The first-order valence-corrected chi connectivity index (χ1v) is 7.08. The van der Waals surface area contributed by atoms with Crippen LogP contribution in [0.5, 0.6) is 0 Å². The third kappa shape index (κ3) is 3.11. The summed E-state index contributed by atoms with van der Waals surface area (Å²) < 4.78 is 5.11. The quantitative estimate of drug-likeness (QED) is 0.779. The minimum atomic E-state index is 0.0425. The predicted octanol–water partition coefficient (Wildman–Crippen LogP) is 4.51. The molecular formula is C15H16Cl2N2O. The first-order valence-electron chi connectivity index (χ1n) is 6.32. The normalized spacial score (nSPS) is 12.4. The maximum Gasteiger partial charge on any atom is 0.142 e. The molecule has 0 aliphatic carbocycles. The summed E-state index contributed by atoms with van der Waals surface area (Å²) in [7, 11) is 1.64. The second-order valence-corrected chi connectivity index (χ2v) is 5.43. The molecule has 1 aromatic carbocycles. The Morgan fingerprint density at radius 3 is 2.30 bits per heavy atom. The van der Waals surface area contributed by atoms with Crippen LogP contribution >= 0.6 is 23.2 Å². The molecule has 0 fully saturated rings. The van der Waals surface area contributed by atoms with Crippen LogP contribution in [0.1, 0.15) is 24.2 Å². The van der Waals surface area contributed by atoms with Gasteiger partial charge in [0, 0.05) is 13.0 Å². The van der Waals surface area contributed by atoms with Gasteiger partial charge in [0.2, 0.25) is 0 Å². The maximum absolute atomic E-state index is 6.31. The zero-order chi connectivity index (χ0) is 14.7. The summed E-state index contributed by atoms with van der Waals surface area (Å²) in [6, 6.07) is 7.88. The van der Waals surface area contributed by atoms with E-state index in [2.05, 4.69) is 9.97 Å². The average Bonchev–Trinajstić information content (AvgIpc) is 2.40. The molecule has 0 spiro atoms. The smallest absolute Gasteiger partial charge is 0.142 e. The van der Waals surface area contributed by atoms with Crippen LogP contribution in [0.25, 0.3) is 11.1 Å². The first-order chi connectivity index (χ1) is 9.54. The van der Waals surface area contributed by atoms with Crippen molar-refractivity contribution in [3.8, 4) is 11.1 Å². The minimum Gasteiger partial charge on any atom is -0.384 e. The van der Waals surface area contributed by atoms with Crippen molar-refractivity contribution in [1.82, 2.24) is 9.97 Å². The number of benzene rings is 1. The topological polar surface area (TPSA) is 35.0 Å². The van der Waals surface area contributed by atoms with Gasteiger partial charge >= 0.3 is 0 Å². The van der Waals surface area contributed by atoms with Gasteiger partial charge in [-0.05, 0) is 18.1 Å². The molecule has 0 bridgehead atoms. The second-order valence-electron chi connectivity index (χ2n) is 4.71. The summed E-state index contributed by atoms with van der Waals surface area (Å²) >= 11 is 12.6. The highest BCUT2D eigenvalue weighted by Gasteiger charge is 2.18. The molecule has 0 radical (unpaired) electrons. The lowest BCUT2D eigenvalue weighted by molar-refractivity contribution is 0.181. The number of aryl methyl sites for hydroxylation is 1. The van der Waals surface area contributed by atoms with Crippen molar-refractivity contribution < 1.29 is 4.74 Å². The van der Waals surface area contributed by atoms with Crippen LogP contribution in [-0.4, -0.2) is 23.7 Å². The van der Waals surface area contributed by atoms with Gasteiger partial charge < -0.3 is 4.74 Å². The number of aromatic nitrogens is 2. The number of halogens is 2. The van der Waals surface area contributed by atoms with Gasteiger partial charge in [-0.15, -0.1) is 0 Å². The standard InChI is InChI=1S/C15H16Cl2N2O/c1-9-6-4-5-7-11(9)12-13(16)18-15(19-14(12)17)10(2)8-20-3/h4-7,10H,8H2,1-3H3. The van der Waals surface area contributed by atoms with Crippen molar-refractivity contribution >= 4 is 23.2 Å². The van der Waals surface area contributed by atoms with Crippen LogP contribution < -0.4 is 0 Å². The van der Waals surface area contributed by atoms with Gasteiger partial charge in [0.05, 0.1) is 12.2 Å². The molecule has 1 heterocycles. The van der Waals surface area contributed by atoms with E-state index in [9.17, 15) is 0 Å². The Morgan fingerprint density at radius 1 is 1.15 bits per heavy atom. The summed E-state index contributed by atoms with van der Waals surface area (Å²) in [5, 5.41) is 0.745. The van der Waals surface area contributed by atoms with Gasteiger partial charge in [-0.2, -0.15) is 0 Å². The van der Waals surface area contributed by atoms with E-state index < -0.39 is 0 Å². The Hall–Kier alpha value is -1.16. The summed E-state index contributed by atoms with van der Waals surface area (Å²) in [5.41, 5.74) is 2.71. The third-order valence-corrected chi connectivity index (χ3v) is 3.66. The fraction of sp³-hybridized carbons (Fsp3) is 0.333. The zero-order valence-electron chi connectivity index (χ0n) is 11.7. The van der Waals surface area contributed by atoms with Crippen LogP contribution in [0.3, 0.4) is 0 Å². The lowest BCUT2D eigenvalue weighted by Crippen LogP contribution is -2.08. The van der Waals surface area contributed by atoms with Crippen molar-refractivity contribution in [3.63, 3.8) is 0 Å². The summed E-state index contributed by atoms with van der Waals surface area (Å²) in [6.45, 7) is 4.50. The van der Waals surface area contributed by atoms with E-state index in [4.69, 9.17) is 27.9 Å². The highest BCUT2D eigenvalue weighted by Crippen LogP contribution is 2.35. The van der Waals surface area contributed by atoms with E-state index in [1.54, 1.807) is 7.11 Å². The molecule has 0 N–H and O–H groups in total. The van der Waals surface area contributed by atoms with Gasteiger partial charge in [0.15, 0.2) is 0 Å². The van der Waals surface area contributed by atoms with Gasteiger partial charge in [-0.1, -0.05) is 54.4 Å². The molecular weight excluding hydrogens is 295 g/mol. The maximum atomic E-state index is 6.31. The fourth-order valence-corrected chi connectivity index (χ4v) is 2.65. The molecule has 20 heavy (non-hydrogen) atoms. The molecule has 0 aliphatic heterocycles. The molecule has 3 nitrogen and oxygen atoms in total. The molecule has 1 aromatic heterocycles. The van der Waals surface area contributed by atoms with Crippen molar-refractivity contribution in [2.45, 2.75) is 19.8 Å². The zero-order valence-corrected chi connectivity index (χ0v) is 13.2. The summed E-state index contributed by atoms with van der Waals surface area (Å²) in [6.07, 6.45) is 0. The van der Waals surface area contributed by atoms with Gasteiger partial charge in [-0.3, -0.25) is 0 Å². The van der Waals surface area contributed by atoms with E-state index in [1.165, 1.54) is 0 Å². The Labute approximate surface area is 128 Å². The molecule has 0 saturated heterocycles. The fourth-order valence-electron chi connectivity index (χ4n) is 2.04. The molecule has 2 aromatic rings. The number of hydrogen-bond acceptors (Lipinski definition) is 3. The number of methoxy groups -OCH3 is 1. The SMILES string of the molecule is COCC(C)c1nc(Cl)c(-c2ccccc2C)c(Cl)n1. The highest BCUT2D eigenvalue weighted by atomic mass is 35.5. The molecule has 1 unspecified atom stereocenters. The third-order valence-electron chi connectivity index (χ3n) is 3.11. The second kappa shape index (κ2) is 6.53. The summed E-state index contributed by atoms with van der Waals surface area (Å²) in [4.78, 5) is 8.72. The van der Waals surface area contributed by atoms with E-state index in [-0.39, 0.29) is 5.92 Å². The first kappa shape index (κ1) is 15.2. The number of ether oxygens (including phenoxy) is 1. The van der Waals surface area contributed by atoms with Crippen molar-refractivity contribution in [2.24, 2.45) is 0 Å². The van der Waals surface area contributed by atoms with E-state index in [0.29, 0.717) is 28.3 Å². The van der Waals surface area contributed by atoms with Crippen LogP contribution in [0, 0.1) is 6.92 Å². The average molecular weight is 311 g/mol. The molecule has 0 aliphatic rings. The largest absolute Gasteiger partial charge is 0.384 e. The molecule has 2 rings (SSSR count). The molecule has 1 atom stereocenters. The van der Waals surface area contributed by atoms with E-state index >= 15 is 0 Å². The summed E-state index contributed by atoms with van der Waals surface area (Å²) in [5.74, 6) is 0.639. The Morgan fingerprint density at radius 2 is 1.75 bits per heavy atom. The van der Waals surface area contributed by atoms with Crippen LogP contribution in [0.4, 0.5) is 0 Å². The van der Waals surface area contributed by atoms with Gasteiger partial charge in [0.1, 0.15) is 16.1 Å². The van der Waals surface area contributed by atoms with E-state index in [0.717, 1.165) is 11.1 Å². The number of hydrogen-bond donors (Lipinski definition) is 0. The molecule has 0 saturated carbocycles.